The summed E-state index contributed by atoms with van der Waals surface area (Å²) in [6.07, 6.45) is 2.14. The van der Waals surface area contributed by atoms with Gasteiger partial charge in [-0.2, -0.15) is 0 Å². The van der Waals surface area contributed by atoms with Crippen LogP contribution in [0, 0.1) is 6.92 Å². The summed E-state index contributed by atoms with van der Waals surface area (Å²) in [5.74, 6) is -0.0713. The summed E-state index contributed by atoms with van der Waals surface area (Å²) >= 11 is 1.37. The number of aromatic nitrogens is 2. The highest BCUT2D eigenvalue weighted by Gasteiger charge is 2.28. The van der Waals surface area contributed by atoms with Gasteiger partial charge in [-0.05, 0) is 55.5 Å². The highest BCUT2D eigenvalue weighted by Crippen LogP contribution is 2.40. The zero-order valence-corrected chi connectivity index (χ0v) is 17.0. The van der Waals surface area contributed by atoms with Gasteiger partial charge in [0, 0.05) is 23.0 Å². The second-order valence-corrected chi connectivity index (χ2v) is 8.23. The quantitative estimate of drug-likeness (QED) is 0.477. The topological polar surface area (TPSA) is 97.1 Å². The molecule has 4 aromatic rings. The molecule has 150 valence electrons. The van der Waals surface area contributed by atoms with Crippen molar-refractivity contribution in [2.75, 3.05) is 10.6 Å². The fourth-order valence-corrected chi connectivity index (χ4v) is 3.97. The summed E-state index contributed by atoms with van der Waals surface area (Å²) in [6.45, 7) is 1.79. The third-order valence-electron chi connectivity index (χ3n) is 5.00. The van der Waals surface area contributed by atoms with Gasteiger partial charge in [0.25, 0.3) is 17.5 Å². The Kier molecular flexibility index (Phi) is 4.55. The van der Waals surface area contributed by atoms with E-state index in [4.69, 9.17) is 4.52 Å². The lowest BCUT2D eigenvalue weighted by molar-refractivity contribution is 0.102. The van der Waals surface area contributed by atoms with Gasteiger partial charge in [0.05, 0.1) is 21.5 Å². The third-order valence-corrected chi connectivity index (χ3v) is 5.87. The molecular weight excluding hydrogens is 400 g/mol. The molecular formula is C22H18N4O3S. The predicted molar refractivity (Wildman–Crippen MR) is 115 cm³/mol. The average molecular weight is 418 g/mol. The van der Waals surface area contributed by atoms with Crippen molar-refractivity contribution in [3.05, 3.63) is 69.7 Å². The van der Waals surface area contributed by atoms with E-state index in [2.05, 4.69) is 20.8 Å². The predicted octanol–water partition coefficient (Wildman–Crippen LogP) is 4.97. The van der Waals surface area contributed by atoms with E-state index >= 15 is 0 Å². The van der Waals surface area contributed by atoms with Crippen LogP contribution in [0.3, 0.4) is 0 Å². The molecule has 0 unspecified atom stereocenters. The summed E-state index contributed by atoms with van der Waals surface area (Å²) < 4.78 is 5.32. The van der Waals surface area contributed by atoms with Crippen molar-refractivity contribution in [1.82, 2.24) is 10.1 Å². The van der Waals surface area contributed by atoms with E-state index in [0.717, 1.165) is 18.5 Å². The number of nitrogens with zero attached hydrogens (tertiary/aromatic N) is 2. The summed E-state index contributed by atoms with van der Waals surface area (Å²) in [5.41, 5.74) is 3.55. The van der Waals surface area contributed by atoms with E-state index in [9.17, 15) is 9.59 Å². The Labute approximate surface area is 176 Å². The van der Waals surface area contributed by atoms with Crippen LogP contribution in [0.2, 0.25) is 0 Å². The molecule has 2 N–H and O–H groups in total. The molecule has 0 atom stereocenters. The van der Waals surface area contributed by atoms with E-state index in [0.29, 0.717) is 44.5 Å². The van der Waals surface area contributed by atoms with Crippen molar-refractivity contribution in [2.45, 2.75) is 25.7 Å². The number of benzene rings is 1. The Morgan fingerprint density at radius 2 is 1.83 bits per heavy atom. The molecule has 0 bridgehead atoms. The Morgan fingerprint density at radius 3 is 2.53 bits per heavy atom. The van der Waals surface area contributed by atoms with Crippen LogP contribution in [-0.2, 0) is 0 Å². The lowest BCUT2D eigenvalue weighted by atomic mass is 10.1. The SMILES string of the molecule is Cc1noc2nc(C3CC3)cc(C(=O)Nc3cccc(NC(=O)c4cccs4)c3)c12. The molecule has 1 aliphatic rings. The molecule has 1 saturated carbocycles. The van der Waals surface area contributed by atoms with Crippen LogP contribution in [0.15, 0.2) is 52.4 Å². The van der Waals surface area contributed by atoms with Crippen molar-refractivity contribution in [3.8, 4) is 0 Å². The number of hydrogen-bond acceptors (Lipinski definition) is 6. The molecule has 1 aliphatic carbocycles. The highest BCUT2D eigenvalue weighted by atomic mass is 32.1. The number of fused-ring (bicyclic) bond motifs is 1. The maximum Gasteiger partial charge on any atom is 0.265 e. The second kappa shape index (κ2) is 7.38. The second-order valence-electron chi connectivity index (χ2n) is 7.28. The number of nitrogens with one attached hydrogen (secondary N) is 2. The van der Waals surface area contributed by atoms with Crippen LogP contribution in [0.25, 0.3) is 11.1 Å². The van der Waals surface area contributed by atoms with E-state index in [1.807, 2.05) is 17.5 Å². The lowest BCUT2D eigenvalue weighted by Gasteiger charge is -2.10. The first-order valence-electron chi connectivity index (χ1n) is 9.61. The van der Waals surface area contributed by atoms with Gasteiger partial charge in [-0.15, -0.1) is 11.3 Å². The zero-order chi connectivity index (χ0) is 20.7. The monoisotopic (exact) mass is 418 g/mol. The molecule has 30 heavy (non-hydrogen) atoms. The number of carbonyl (C=O) groups is 2. The van der Waals surface area contributed by atoms with Gasteiger partial charge in [-0.3, -0.25) is 9.59 Å². The number of aryl methyl sites for hydroxylation is 1. The minimum atomic E-state index is -0.266. The van der Waals surface area contributed by atoms with Crippen LogP contribution < -0.4 is 10.6 Å². The Balaban J connectivity index is 1.41. The van der Waals surface area contributed by atoms with E-state index < -0.39 is 0 Å². The summed E-state index contributed by atoms with van der Waals surface area (Å²) in [4.78, 5) is 30.5. The first kappa shape index (κ1) is 18.5. The maximum atomic E-state index is 13.1. The standard InChI is InChI=1S/C22H18N4O3S/c1-12-19-16(11-17(13-7-8-13)25-22(19)29-26-12)20(27)23-14-4-2-5-15(10-14)24-21(28)18-6-3-9-30-18/h2-6,9-11,13H,7-8H2,1H3,(H,23,27)(H,24,28). The first-order chi connectivity index (χ1) is 14.6. The molecule has 7 nitrogen and oxygen atoms in total. The largest absolute Gasteiger partial charge is 0.336 e. The van der Waals surface area contributed by atoms with E-state index in [-0.39, 0.29) is 11.8 Å². The van der Waals surface area contributed by atoms with Crippen LogP contribution in [-0.4, -0.2) is 22.0 Å². The zero-order valence-electron chi connectivity index (χ0n) is 16.1. The molecule has 0 spiro atoms. The summed E-state index contributed by atoms with van der Waals surface area (Å²) in [5, 5.41) is 12.2. The number of carbonyl (C=O) groups excluding carboxylic acids is 2. The molecule has 0 aliphatic heterocycles. The van der Waals surface area contributed by atoms with Crippen molar-refractivity contribution < 1.29 is 14.1 Å². The number of thiophene rings is 1. The van der Waals surface area contributed by atoms with E-state index in [1.165, 1.54) is 11.3 Å². The molecule has 0 radical (unpaired) electrons. The molecule has 1 fully saturated rings. The normalized spacial score (nSPS) is 13.4. The fraction of sp³-hybridized carbons (Fsp3) is 0.182. The minimum absolute atomic E-state index is 0.182. The molecule has 3 aromatic heterocycles. The van der Waals surface area contributed by atoms with Gasteiger partial charge in [0.15, 0.2) is 0 Å². The molecule has 1 aromatic carbocycles. The van der Waals surface area contributed by atoms with Crippen molar-refractivity contribution in [1.29, 1.82) is 0 Å². The molecule has 0 saturated heterocycles. The third kappa shape index (κ3) is 3.57. The van der Waals surface area contributed by atoms with Crippen LogP contribution in [0.1, 0.15) is 50.2 Å². The first-order valence-corrected chi connectivity index (χ1v) is 10.5. The van der Waals surface area contributed by atoms with Crippen LogP contribution >= 0.6 is 11.3 Å². The molecule has 8 heteroatoms. The van der Waals surface area contributed by atoms with Gasteiger partial charge < -0.3 is 15.2 Å². The van der Waals surface area contributed by atoms with Gasteiger partial charge in [0.1, 0.15) is 0 Å². The smallest absolute Gasteiger partial charge is 0.265 e. The summed E-state index contributed by atoms with van der Waals surface area (Å²) in [6, 6.07) is 12.5. The number of amides is 2. The minimum Gasteiger partial charge on any atom is -0.336 e. The number of hydrogen-bond donors (Lipinski definition) is 2. The van der Waals surface area contributed by atoms with Gasteiger partial charge >= 0.3 is 0 Å². The Hall–Kier alpha value is -3.52. The highest BCUT2D eigenvalue weighted by molar-refractivity contribution is 7.12. The number of rotatable bonds is 5. The Morgan fingerprint density at radius 1 is 1.07 bits per heavy atom. The summed E-state index contributed by atoms with van der Waals surface area (Å²) in [7, 11) is 0. The lowest BCUT2D eigenvalue weighted by Crippen LogP contribution is -2.14. The molecule has 2 amide bonds. The van der Waals surface area contributed by atoms with Crippen molar-refractivity contribution >= 4 is 45.6 Å². The van der Waals surface area contributed by atoms with Crippen molar-refractivity contribution in [3.63, 3.8) is 0 Å². The molecule has 5 rings (SSSR count). The fourth-order valence-electron chi connectivity index (χ4n) is 3.35. The average Bonchev–Trinajstić information content (AvgIpc) is 3.31. The van der Waals surface area contributed by atoms with E-state index in [1.54, 1.807) is 37.3 Å². The molecule has 3 heterocycles. The van der Waals surface area contributed by atoms with Gasteiger partial charge in [-0.25, -0.2) is 4.98 Å². The van der Waals surface area contributed by atoms with Gasteiger partial charge in [0.2, 0.25) is 0 Å². The number of anilines is 2. The van der Waals surface area contributed by atoms with Gasteiger partial charge in [-0.1, -0.05) is 17.3 Å². The number of pyridine rings is 1. The Bertz CT molecular complexity index is 1260. The maximum absolute atomic E-state index is 13.1. The van der Waals surface area contributed by atoms with Crippen LogP contribution in [0.4, 0.5) is 11.4 Å². The van der Waals surface area contributed by atoms with Crippen molar-refractivity contribution in [2.24, 2.45) is 0 Å². The van der Waals surface area contributed by atoms with Crippen LogP contribution in [0.5, 0.6) is 0 Å².